The van der Waals surface area contributed by atoms with E-state index in [4.69, 9.17) is 4.74 Å². The summed E-state index contributed by atoms with van der Waals surface area (Å²) >= 11 is 0. The summed E-state index contributed by atoms with van der Waals surface area (Å²) in [6.45, 7) is 14.7. The molecule has 1 heterocycles. The van der Waals surface area contributed by atoms with Gasteiger partial charge in [-0.2, -0.15) is 0 Å². The van der Waals surface area contributed by atoms with Crippen LogP contribution in [0.25, 0.3) is 0 Å². The maximum Gasteiger partial charge on any atom is 0.191 e. The van der Waals surface area contributed by atoms with Crippen LogP contribution in [0.1, 0.15) is 27.7 Å². The quantitative estimate of drug-likeness (QED) is 0.397. The van der Waals surface area contributed by atoms with E-state index in [-0.39, 0.29) is 30.1 Å². The van der Waals surface area contributed by atoms with Crippen LogP contribution in [-0.4, -0.2) is 63.3 Å². The molecule has 0 aromatic carbocycles. The summed E-state index contributed by atoms with van der Waals surface area (Å²) in [6, 6.07) is 0. The lowest BCUT2D eigenvalue weighted by atomic mass is 10.2. The number of hydrogen-bond donors (Lipinski definition) is 2. The minimum atomic E-state index is 0. The predicted octanol–water partition coefficient (Wildman–Crippen LogP) is 1.78. The standard InChI is InChI=1S/C15H32N4O.HI/c1-12(2)8-17-15(16-5)18-9-14-11-19(6-7-20-14)10-13(3)4;/h12-14H,6-11H2,1-5H3,(H2,16,17,18);1H. The summed E-state index contributed by atoms with van der Waals surface area (Å²) in [6.07, 6.45) is 0.250. The van der Waals surface area contributed by atoms with E-state index in [1.165, 1.54) is 0 Å². The summed E-state index contributed by atoms with van der Waals surface area (Å²) in [7, 11) is 1.81. The van der Waals surface area contributed by atoms with Gasteiger partial charge in [-0.05, 0) is 11.8 Å². The van der Waals surface area contributed by atoms with E-state index < -0.39 is 0 Å². The second kappa shape index (κ2) is 11.5. The number of rotatable bonds is 6. The SMILES string of the molecule is CN=C(NCC(C)C)NCC1CN(CC(C)C)CCO1.I. The minimum absolute atomic E-state index is 0. The molecule has 1 fully saturated rings. The molecule has 0 spiro atoms. The van der Waals surface area contributed by atoms with E-state index in [9.17, 15) is 0 Å². The van der Waals surface area contributed by atoms with Crippen LogP contribution >= 0.6 is 24.0 Å². The molecule has 0 amide bonds. The molecule has 0 bridgehead atoms. The van der Waals surface area contributed by atoms with Crippen molar-refractivity contribution in [3.63, 3.8) is 0 Å². The van der Waals surface area contributed by atoms with Crippen LogP contribution in [0.2, 0.25) is 0 Å². The van der Waals surface area contributed by atoms with Gasteiger partial charge in [-0.3, -0.25) is 9.89 Å². The fraction of sp³-hybridized carbons (Fsp3) is 0.933. The first kappa shape index (κ1) is 20.9. The molecular weight excluding hydrogens is 379 g/mol. The molecule has 0 aromatic heterocycles. The Morgan fingerprint density at radius 3 is 2.52 bits per heavy atom. The first-order chi connectivity index (χ1) is 9.51. The minimum Gasteiger partial charge on any atom is -0.374 e. The summed E-state index contributed by atoms with van der Waals surface area (Å²) in [5.74, 6) is 2.19. The molecule has 1 unspecified atom stereocenters. The topological polar surface area (TPSA) is 48.9 Å². The first-order valence-corrected chi connectivity index (χ1v) is 7.79. The Kier molecular flexibility index (Phi) is 11.4. The van der Waals surface area contributed by atoms with Crippen LogP contribution in [0.3, 0.4) is 0 Å². The molecule has 5 nitrogen and oxygen atoms in total. The van der Waals surface area contributed by atoms with Gasteiger partial charge in [0.1, 0.15) is 0 Å². The third kappa shape index (κ3) is 9.52. The Balaban J connectivity index is 0.00000400. The smallest absolute Gasteiger partial charge is 0.191 e. The molecular formula is C15H33IN4O. The van der Waals surface area contributed by atoms with Crippen molar-refractivity contribution in [3.05, 3.63) is 0 Å². The number of nitrogens with zero attached hydrogens (tertiary/aromatic N) is 2. The molecule has 0 saturated carbocycles. The fourth-order valence-corrected chi connectivity index (χ4v) is 2.32. The van der Waals surface area contributed by atoms with Crippen molar-refractivity contribution in [2.75, 3.05) is 46.4 Å². The van der Waals surface area contributed by atoms with Crippen molar-refractivity contribution in [3.8, 4) is 0 Å². The number of hydrogen-bond acceptors (Lipinski definition) is 3. The molecule has 0 radical (unpaired) electrons. The fourth-order valence-electron chi connectivity index (χ4n) is 2.32. The van der Waals surface area contributed by atoms with Gasteiger partial charge in [0.15, 0.2) is 5.96 Å². The first-order valence-electron chi connectivity index (χ1n) is 7.79. The van der Waals surface area contributed by atoms with Crippen molar-refractivity contribution in [2.24, 2.45) is 16.8 Å². The largest absolute Gasteiger partial charge is 0.374 e. The zero-order chi connectivity index (χ0) is 15.0. The Morgan fingerprint density at radius 1 is 1.24 bits per heavy atom. The molecule has 1 saturated heterocycles. The molecule has 1 atom stereocenters. The lowest BCUT2D eigenvalue weighted by Gasteiger charge is -2.34. The Labute approximate surface area is 147 Å². The van der Waals surface area contributed by atoms with Crippen molar-refractivity contribution < 1.29 is 4.74 Å². The second-order valence-electron chi connectivity index (χ2n) is 6.37. The van der Waals surface area contributed by atoms with Gasteiger partial charge in [-0.1, -0.05) is 27.7 Å². The summed E-state index contributed by atoms with van der Waals surface area (Å²) < 4.78 is 5.82. The van der Waals surface area contributed by atoms with Gasteiger partial charge >= 0.3 is 0 Å². The highest BCUT2D eigenvalue weighted by Gasteiger charge is 2.20. The van der Waals surface area contributed by atoms with Gasteiger partial charge in [-0.25, -0.2) is 0 Å². The summed E-state index contributed by atoms with van der Waals surface area (Å²) in [5, 5.41) is 6.68. The maximum atomic E-state index is 5.82. The Morgan fingerprint density at radius 2 is 1.95 bits per heavy atom. The predicted molar refractivity (Wildman–Crippen MR) is 101 cm³/mol. The number of halogens is 1. The van der Waals surface area contributed by atoms with Crippen molar-refractivity contribution in [1.82, 2.24) is 15.5 Å². The summed E-state index contributed by atoms with van der Waals surface area (Å²) in [4.78, 5) is 6.73. The molecule has 126 valence electrons. The van der Waals surface area contributed by atoms with Crippen LogP contribution < -0.4 is 10.6 Å². The molecule has 6 heteroatoms. The van der Waals surface area contributed by atoms with E-state index in [0.29, 0.717) is 11.8 Å². The van der Waals surface area contributed by atoms with E-state index >= 15 is 0 Å². The number of aliphatic imine (C=N–C) groups is 1. The van der Waals surface area contributed by atoms with Crippen molar-refractivity contribution in [1.29, 1.82) is 0 Å². The number of morpholine rings is 1. The highest BCUT2D eigenvalue weighted by atomic mass is 127. The van der Waals surface area contributed by atoms with E-state index in [0.717, 1.165) is 45.3 Å². The van der Waals surface area contributed by atoms with Crippen LogP contribution in [0.15, 0.2) is 4.99 Å². The lowest BCUT2D eigenvalue weighted by Crippen LogP contribution is -2.50. The van der Waals surface area contributed by atoms with Gasteiger partial charge in [0.2, 0.25) is 0 Å². The molecule has 2 N–H and O–H groups in total. The van der Waals surface area contributed by atoms with Gasteiger partial charge in [0.25, 0.3) is 0 Å². The zero-order valence-electron chi connectivity index (χ0n) is 14.2. The zero-order valence-corrected chi connectivity index (χ0v) is 16.5. The Bertz CT molecular complexity index is 297. The molecule has 1 aliphatic heterocycles. The molecule has 1 rings (SSSR count). The molecule has 0 aromatic rings. The normalized spacial score (nSPS) is 20.5. The van der Waals surface area contributed by atoms with Crippen molar-refractivity contribution >= 4 is 29.9 Å². The number of ether oxygens (including phenoxy) is 1. The maximum absolute atomic E-state index is 5.82. The van der Waals surface area contributed by atoms with Gasteiger partial charge in [0.05, 0.1) is 12.7 Å². The highest BCUT2D eigenvalue weighted by molar-refractivity contribution is 14.0. The molecule has 1 aliphatic rings. The monoisotopic (exact) mass is 412 g/mol. The number of guanidine groups is 1. The third-order valence-electron chi connectivity index (χ3n) is 3.24. The highest BCUT2D eigenvalue weighted by Crippen LogP contribution is 2.07. The second-order valence-corrected chi connectivity index (χ2v) is 6.37. The van der Waals surface area contributed by atoms with Crippen LogP contribution in [0.5, 0.6) is 0 Å². The Hall–Kier alpha value is -0.0800. The third-order valence-corrected chi connectivity index (χ3v) is 3.24. The molecule has 0 aliphatic carbocycles. The van der Waals surface area contributed by atoms with Crippen molar-refractivity contribution in [2.45, 2.75) is 33.8 Å². The summed E-state index contributed by atoms with van der Waals surface area (Å²) in [5.41, 5.74) is 0. The van der Waals surface area contributed by atoms with E-state index in [1.54, 1.807) is 0 Å². The van der Waals surface area contributed by atoms with Crippen LogP contribution in [0, 0.1) is 11.8 Å². The van der Waals surface area contributed by atoms with E-state index in [1.807, 2.05) is 7.05 Å². The van der Waals surface area contributed by atoms with Crippen LogP contribution in [0.4, 0.5) is 0 Å². The van der Waals surface area contributed by atoms with Gasteiger partial charge in [-0.15, -0.1) is 24.0 Å². The van der Waals surface area contributed by atoms with Crippen LogP contribution in [-0.2, 0) is 4.74 Å². The average Bonchev–Trinajstić information content (AvgIpc) is 2.38. The lowest BCUT2D eigenvalue weighted by molar-refractivity contribution is -0.0284. The molecule has 21 heavy (non-hydrogen) atoms. The average molecular weight is 412 g/mol. The number of nitrogens with one attached hydrogen (secondary N) is 2. The van der Waals surface area contributed by atoms with Gasteiger partial charge < -0.3 is 15.4 Å². The van der Waals surface area contributed by atoms with Gasteiger partial charge in [0, 0.05) is 39.8 Å². The van der Waals surface area contributed by atoms with E-state index in [2.05, 4.69) is 48.2 Å².